The molecule has 0 amide bonds. The van der Waals surface area contributed by atoms with Crippen molar-refractivity contribution in [2.24, 2.45) is 0 Å². The molecular formula is C12H10N4OS. The summed E-state index contributed by atoms with van der Waals surface area (Å²) in [5, 5.41) is 15.2. The van der Waals surface area contributed by atoms with E-state index in [9.17, 15) is 0 Å². The lowest BCUT2D eigenvalue weighted by Gasteiger charge is -1.92. The van der Waals surface area contributed by atoms with E-state index >= 15 is 0 Å². The van der Waals surface area contributed by atoms with Crippen molar-refractivity contribution in [2.75, 3.05) is 0 Å². The molecule has 0 fully saturated rings. The van der Waals surface area contributed by atoms with Crippen LogP contribution in [0.4, 0.5) is 0 Å². The summed E-state index contributed by atoms with van der Waals surface area (Å²) < 4.78 is 5.31. The van der Waals surface area contributed by atoms with Crippen LogP contribution in [0.2, 0.25) is 0 Å². The molecular weight excluding hydrogens is 248 g/mol. The summed E-state index contributed by atoms with van der Waals surface area (Å²) in [6.45, 7) is 0. The number of nitrogens with one attached hydrogen (secondary N) is 1. The first-order valence-corrected chi connectivity index (χ1v) is 6.40. The smallest absolute Gasteiger partial charge is 0.167 e. The number of rotatable bonds is 4. The molecule has 18 heavy (non-hydrogen) atoms. The van der Waals surface area contributed by atoms with Gasteiger partial charge in [-0.15, -0.1) is 5.10 Å². The second kappa shape index (κ2) is 5.05. The predicted molar refractivity (Wildman–Crippen MR) is 67.9 cm³/mol. The summed E-state index contributed by atoms with van der Waals surface area (Å²) in [5.41, 5.74) is 1.92. The maximum absolute atomic E-state index is 5.31. The van der Waals surface area contributed by atoms with E-state index in [0.29, 0.717) is 5.75 Å². The Kier molecular flexibility index (Phi) is 3.10. The number of aromatic nitrogens is 4. The van der Waals surface area contributed by atoms with Crippen molar-refractivity contribution in [1.29, 1.82) is 0 Å². The van der Waals surface area contributed by atoms with Gasteiger partial charge in [-0.05, 0) is 0 Å². The molecule has 0 saturated carbocycles. The normalized spacial score (nSPS) is 10.7. The number of aromatic amines is 1. The van der Waals surface area contributed by atoms with E-state index in [2.05, 4.69) is 20.6 Å². The van der Waals surface area contributed by atoms with Crippen LogP contribution in [0, 0.1) is 0 Å². The third kappa shape index (κ3) is 2.43. The van der Waals surface area contributed by atoms with Crippen molar-refractivity contribution < 1.29 is 4.52 Å². The molecule has 0 unspecified atom stereocenters. The van der Waals surface area contributed by atoms with Gasteiger partial charge in [0, 0.05) is 17.4 Å². The molecule has 0 spiro atoms. The predicted octanol–water partition coefficient (Wildman–Crippen LogP) is 2.75. The Morgan fingerprint density at radius 1 is 1.22 bits per heavy atom. The van der Waals surface area contributed by atoms with Gasteiger partial charge in [0.15, 0.2) is 5.76 Å². The SMILES string of the molecule is c1ccc(-c2cc(CSc3cn[nH]n3)no2)cc1. The van der Waals surface area contributed by atoms with Crippen molar-refractivity contribution in [3.8, 4) is 11.3 Å². The molecule has 0 aliphatic rings. The van der Waals surface area contributed by atoms with Crippen molar-refractivity contribution in [3.05, 3.63) is 48.3 Å². The largest absolute Gasteiger partial charge is 0.356 e. The van der Waals surface area contributed by atoms with Crippen molar-refractivity contribution in [2.45, 2.75) is 10.8 Å². The van der Waals surface area contributed by atoms with Gasteiger partial charge >= 0.3 is 0 Å². The van der Waals surface area contributed by atoms with Gasteiger partial charge in [0.1, 0.15) is 5.03 Å². The summed E-state index contributed by atoms with van der Waals surface area (Å²) in [6.07, 6.45) is 1.68. The molecule has 0 bridgehead atoms. The van der Waals surface area contributed by atoms with Gasteiger partial charge in [0.05, 0.1) is 11.9 Å². The van der Waals surface area contributed by atoms with E-state index in [-0.39, 0.29) is 0 Å². The quantitative estimate of drug-likeness (QED) is 0.729. The molecule has 0 radical (unpaired) electrons. The fourth-order valence-electron chi connectivity index (χ4n) is 1.53. The van der Waals surface area contributed by atoms with Crippen LogP contribution < -0.4 is 0 Å². The molecule has 6 heteroatoms. The van der Waals surface area contributed by atoms with E-state index in [4.69, 9.17) is 4.52 Å². The zero-order chi connectivity index (χ0) is 12.2. The molecule has 0 saturated heterocycles. The van der Waals surface area contributed by atoms with Gasteiger partial charge < -0.3 is 4.52 Å². The molecule has 1 aromatic carbocycles. The zero-order valence-electron chi connectivity index (χ0n) is 9.41. The van der Waals surface area contributed by atoms with Crippen LogP contribution in [-0.2, 0) is 5.75 Å². The summed E-state index contributed by atoms with van der Waals surface area (Å²) in [5.74, 6) is 1.49. The number of nitrogens with zero attached hydrogens (tertiary/aromatic N) is 3. The first-order chi connectivity index (χ1) is 8.92. The average molecular weight is 258 g/mol. The average Bonchev–Trinajstić information content (AvgIpc) is 3.09. The Bertz CT molecular complexity index is 606. The van der Waals surface area contributed by atoms with Crippen LogP contribution in [0.3, 0.4) is 0 Å². The lowest BCUT2D eigenvalue weighted by Crippen LogP contribution is -1.79. The van der Waals surface area contributed by atoms with Gasteiger partial charge in [-0.1, -0.05) is 47.3 Å². The molecule has 3 rings (SSSR count). The Hall–Kier alpha value is -2.08. The Labute approximate surface area is 108 Å². The fourth-order valence-corrected chi connectivity index (χ4v) is 2.19. The third-order valence-electron chi connectivity index (χ3n) is 2.38. The monoisotopic (exact) mass is 258 g/mol. The van der Waals surface area contributed by atoms with E-state index in [1.807, 2.05) is 36.4 Å². The van der Waals surface area contributed by atoms with Crippen LogP contribution in [0.5, 0.6) is 0 Å². The van der Waals surface area contributed by atoms with Crippen molar-refractivity contribution >= 4 is 11.8 Å². The van der Waals surface area contributed by atoms with Crippen molar-refractivity contribution in [3.63, 3.8) is 0 Å². The second-order valence-corrected chi connectivity index (χ2v) is 4.64. The van der Waals surface area contributed by atoms with Crippen LogP contribution >= 0.6 is 11.8 Å². The number of thioether (sulfide) groups is 1. The Balaban J connectivity index is 1.70. The standard InChI is InChI=1S/C12H10N4OS/c1-2-4-9(5-3-1)11-6-10(15-17-11)8-18-12-7-13-16-14-12/h1-7H,8H2,(H,13,14,16). The Morgan fingerprint density at radius 3 is 2.89 bits per heavy atom. The Morgan fingerprint density at radius 2 is 2.11 bits per heavy atom. The third-order valence-corrected chi connectivity index (χ3v) is 3.31. The highest BCUT2D eigenvalue weighted by atomic mass is 32.2. The maximum Gasteiger partial charge on any atom is 0.167 e. The molecule has 1 N–H and O–H groups in total. The number of hydrogen-bond donors (Lipinski definition) is 1. The summed E-state index contributed by atoms with van der Waals surface area (Å²) in [7, 11) is 0. The number of hydrogen-bond acceptors (Lipinski definition) is 5. The highest BCUT2D eigenvalue weighted by Crippen LogP contribution is 2.24. The summed E-state index contributed by atoms with van der Waals surface area (Å²) >= 11 is 1.56. The van der Waals surface area contributed by atoms with Gasteiger partial charge in [-0.2, -0.15) is 10.3 Å². The second-order valence-electron chi connectivity index (χ2n) is 3.65. The highest BCUT2D eigenvalue weighted by Gasteiger charge is 2.07. The minimum atomic E-state index is 0.711. The summed E-state index contributed by atoms with van der Waals surface area (Å²) in [6, 6.07) is 11.9. The molecule has 5 nitrogen and oxygen atoms in total. The van der Waals surface area contributed by atoms with Crippen molar-refractivity contribution in [1.82, 2.24) is 20.6 Å². The van der Waals surface area contributed by atoms with E-state index in [1.165, 1.54) is 0 Å². The van der Waals surface area contributed by atoms with Gasteiger partial charge in [0.2, 0.25) is 0 Å². The summed E-state index contributed by atoms with van der Waals surface area (Å²) in [4.78, 5) is 0. The zero-order valence-corrected chi connectivity index (χ0v) is 10.2. The van der Waals surface area contributed by atoms with Crippen LogP contribution in [0.15, 0.2) is 52.1 Å². The number of H-pyrrole nitrogens is 1. The molecule has 2 aromatic heterocycles. The van der Waals surface area contributed by atoms with E-state index < -0.39 is 0 Å². The molecule has 0 aliphatic carbocycles. The first-order valence-electron chi connectivity index (χ1n) is 5.41. The van der Waals surface area contributed by atoms with Gasteiger partial charge in [0.25, 0.3) is 0 Å². The van der Waals surface area contributed by atoms with E-state index in [0.717, 1.165) is 22.0 Å². The molecule has 0 atom stereocenters. The van der Waals surface area contributed by atoms with Gasteiger partial charge in [-0.3, -0.25) is 0 Å². The first kappa shape index (κ1) is 11.0. The molecule has 2 heterocycles. The molecule has 0 aliphatic heterocycles. The van der Waals surface area contributed by atoms with Crippen LogP contribution in [-0.4, -0.2) is 20.6 Å². The highest BCUT2D eigenvalue weighted by molar-refractivity contribution is 7.98. The van der Waals surface area contributed by atoms with E-state index in [1.54, 1.807) is 18.0 Å². The minimum Gasteiger partial charge on any atom is -0.356 e. The lowest BCUT2D eigenvalue weighted by molar-refractivity contribution is 0.426. The maximum atomic E-state index is 5.31. The van der Waals surface area contributed by atoms with Crippen LogP contribution in [0.1, 0.15) is 5.69 Å². The van der Waals surface area contributed by atoms with Crippen LogP contribution in [0.25, 0.3) is 11.3 Å². The minimum absolute atomic E-state index is 0.711. The fraction of sp³-hybridized carbons (Fsp3) is 0.0833. The lowest BCUT2D eigenvalue weighted by atomic mass is 10.2. The number of benzene rings is 1. The molecule has 3 aromatic rings. The molecule has 90 valence electrons. The van der Waals surface area contributed by atoms with Gasteiger partial charge in [-0.25, -0.2) is 0 Å². The topological polar surface area (TPSA) is 67.6 Å².